The monoisotopic (exact) mass is 567 g/mol. The van der Waals surface area contributed by atoms with E-state index in [-0.39, 0.29) is 43.1 Å². The van der Waals surface area contributed by atoms with Crippen molar-refractivity contribution >= 4 is 59.6 Å². The summed E-state index contributed by atoms with van der Waals surface area (Å²) in [7, 11) is 0. The summed E-state index contributed by atoms with van der Waals surface area (Å²) in [5, 5.41) is 2.07. The zero-order valence-corrected chi connectivity index (χ0v) is 22.9. The third kappa shape index (κ3) is 5.78. The first kappa shape index (κ1) is 29.0. The second-order valence-electron chi connectivity index (χ2n) is 8.84. The lowest BCUT2D eigenvalue weighted by Crippen LogP contribution is -2.35. The van der Waals surface area contributed by atoms with Crippen molar-refractivity contribution in [2.45, 2.75) is 13.1 Å². The van der Waals surface area contributed by atoms with E-state index in [1.54, 1.807) is 12.5 Å². The average Bonchev–Trinajstić information content (AvgIpc) is 3.36. The Kier molecular flexibility index (Phi) is 9.75. The number of hydrogen-bond donors (Lipinski definition) is 1. The minimum absolute atomic E-state index is 0. The van der Waals surface area contributed by atoms with E-state index in [1.807, 2.05) is 53.7 Å². The van der Waals surface area contributed by atoms with Gasteiger partial charge in [-0.05, 0) is 51.7 Å². The molecule has 196 valence electrons. The number of carbonyl (C=O) groups excluding carboxylic acids is 1. The van der Waals surface area contributed by atoms with Gasteiger partial charge in [0.2, 0.25) is 0 Å². The number of aromatic amines is 1. The molecule has 38 heavy (non-hydrogen) atoms. The second kappa shape index (κ2) is 12.8. The summed E-state index contributed by atoms with van der Waals surface area (Å²) in [6.07, 6.45) is 7.22. The lowest BCUT2D eigenvalue weighted by atomic mass is 10.0. The average molecular weight is 569 g/mol. The van der Waals surface area contributed by atoms with E-state index in [2.05, 4.69) is 56.3 Å². The van der Waals surface area contributed by atoms with Crippen molar-refractivity contribution in [3.63, 3.8) is 0 Å². The van der Waals surface area contributed by atoms with Crippen molar-refractivity contribution in [1.29, 1.82) is 0 Å². The molecular weight excluding hydrogens is 541 g/mol. The number of anilines is 1. The Morgan fingerprint density at radius 3 is 2.47 bits per heavy atom. The van der Waals surface area contributed by atoms with Gasteiger partial charge in [-0.2, -0.15) is 0 Å². The normalized spacial score (nSPS) is 12.4. The molecule has 0 saturated heterocycles. The summed E-state index contributed by atoms with van der Waals surface area (Å²) in [6.45, 7) is 2.61. The zero-order chi connectivity index (χ0) is 23.6. The Hall–Kier alpha value is -3.58. The highest BCUT2D eigenvalue weighted by Gasteiger charge is 2.25. The lowest BCUT2D eigenvalue weighted by Gasteiger charge is -2.24. The Bertz CT molecular complexity index is 1490. The smallest absolute Gasteiger partial charge is 0.254 e. The van der Waals surface area contributed by atoms with Gasteiger partial charge in [-0.3, -0.25) is 9.78 Å². The molecule has 5 aromatic rings. The van der Waals surface area contributed by atoms with Crippen LogP contribution in [0.15, 0.2) is 97.7 Å². The second-order valence-corrected chi connectivity index (χ2v) is 8.84. The van der Waals surface area contributed by atoms with Crippen LogP contribution in [0.1, 0.15) is 21.6 Å². The first-order chi connectivity index (χ1) is 17.3. The van der Waals surface area contributed by atoms with E-state index in [0.29, 0.717) is 19.6 Å². The van der Waals surface area contributed by atoms with E-state index in [4.69, 9.17) is 0 Å². The molecule has 3 aromatic carbocycles. The largest absolute Gasteiger partial charge is 0.364 e. The molecule has 0 saturated carbocycles. The molecule has 6 rings (SSSR count). The highest BCUT2D eigenvalue weighted by Crippen LogP contribution is 2.32. The molecule has 0 atom stereocenters. The van der Waals surface area contributed by atoms with Crippen molar-refractivity contribution < 1.29 is 4.79 Å². The minimum Gasteiger partial charge on any atom is -0.364 e. The van der Waals surface area contributed by atoms with Crippen LogP contribution in [0.3, 0.4) is 0 Å². The Balaban J connectivity index is 0.00000133. The van der Waals surface area contributed by atoms with Gasteiger partial charge < -0.3 is 14.8 Å². The number of halogens is 3. The summed E-state index contributed by atoms with van der Waals surface area (Å²) in [5.74, 6) is 0.0583. The van der Waals surface area contributed by atoms with Crippen molar-refractivity contribution in [3.05, 3.63) is 115 Å². The maximum Gasteiger partial charge on any atom is 0.254 e. The van der Waals surface area contributed by atoms with E-state index < -0.39 is 0 Å². The maximum absolute atomic E-state index is 13.8. The Morgan fingerprint density at radius 1 is 0.842 bits per heavy atom. The van der Waals surface area contributed by atoms with Crippen LogP contribution in [0.25, 0.3) is 21.9 Å². The standard InChI is InChI=1S/C29H25N5O.3ClH/c35-29(27-9-3-6-21-5-1-2-8-26(21)27)34-14-13-33(19-25-17-31-20-32-25)28-11-10-22(15-24(28)18-34)23-7-4-12-30-16-23;;;/h1-12,15-17,20H,13-14,18-19H2,(H,31,32);3*1H. The zero-order valence-electron chi connectivity index (χ0n) is 20.5. The fourth-order valence-corrected chi connectivity index (χ4v) is 4.88. The van der Waals surface area contributed by atoms with Gasteiger partial charge in [0.05, 0.1) is 18.6 Å². The van der Waals surface area contributed by atoms with Crippen LogP contribution in [0, 0.1) is 0 Å². The van der Waals surface area contributed by atoms with Crippen LogP contribution in [0.2, 0.25) is 0 Å². The molecule has 0 fully saturated rings. The third-order valence-corrected chi connectivity index (χ3v) is 6.64. The highest BCUT2D eigenvalue weighted by molar-refractivity contribution is 6.07. The number of nitrogens with zero attached hydrogens (tertiary/aromatic N) is 4. The molecule has 9 heteroatoms. The van der Waals surface area contributed by atoms with Gasteiger partial charge in [0.25, 0.3) is 5.91 Å². The van der Waals surface area contributed by atoms with Gasteiger partial charge in [-0.25, -0.2) is 4.98 Å². The topological polar surface area (TPSA) is 65.1 Å². The van der Waals surface area contributed by atoms with Crippen LogP contribution in [-0.2, 0) is 13.1 Å². The molecule has 6 nitrogen and oxygen atoms in total. The van der Waals surface area contributed by atoms with Crippen LogP contribution in [-0.4, -0.2) is 38.8 Å². The predicted octanol–water partition coefficient (Wildman–Crippen LogP) is 6.55. The fourth-order valence-electron chi connectivity index (χ4n) is 4.88. The van der Waals surface area contributed by atoms with Crippen molar-refractivity contribution in [3.8, 4) is 11.1 Å². The van der Waals surface area contributed by atoms with E-state index in [9.17, 15) is 4.79 Å². The lowest BCUT2D eigenvalue weighted by molar-refractivity contribution is 0.0753. The molecule has 0 spiro atoms. The molecule has 3 heterocycles. The van der Waals surface area contributed by atoms with Gasteiger partial charge >= 0.3 is 0 Å². The number of benzene rings is 3. The Labute approximate surface area is 240 Å². The van der Waals surface area contributed by atoms with Gasteiger partial charge in [-0.1, -0.05) is 48.5 Å². The number of fused-ring (bicyclic) bond motifs is 2. The quantitative estimate of drug-likeness (QED) is 0.267. The number of pyridine rings is 1. The molecule has 0 bridgehead atoms. The van der Waals surface area contributed by atoms with Crippen LogP contribution in [0.4, 0.5) is 5.69 Å². The number of amides is 1. The molecule has 1 aliphatic heterocycles. The van der Waals surface area contributed by atoms with E-state index in [1.165, 1.54) is 0 Å². The third-order valence-electron chi connectivity index (χ3n) is 6.64. The first-order valence-corrected chi connectivity index (χ1v) is 11.8. The number of imidazole rings is 1. The van der Waals surface area contributed by atoms with Crippen LogP contribution in [0.5, 0.6) is 0 Å². The van der Waals surface area contributed by atoms with Crippen LogP contribution < -0.4 is 4.90 Å². The van der Waals surface area contributed by atoms with Gasteiger partial charge in [0.1, 0.15) is 0 Å². The van der Waals surface area contributed by atoms with Gasteiger partial charge in [0, 0.05) is 49.5 Å². The van der Waals surface area contributed by atoms with E-state index >= 15 is 0 Å². The van der Waals surface area contributed by atoms with Gasteiger partial charge in [0.15, 0.2) is 0 Å². The van der Waals surface area contributed by atoms with Crippen molar-refractivity contribution in [1.82, 2.24) is 19.9 Å². The molecule has 1 N–H and O–H groups in total. The summed E-state index contributed by atoms with van der Waals surface area (Å²) < 4.78 is 0. The summed E-state index contributed by atoms with van der Waals surface area (Å²) in [5.41, 5.74) is 6.21. The highest BCUT2D eigenvalue weighted by atomic mass is 35.5. The molecule has 1 amide bonds. The number of nitrogens with one attached hydrogen (secondary N) is 1. The fraction of sp³-hybridized carbons (Fsp3) is 0.138. The van der Waals surface area contributed by atoms with E-state index in [0.717, 1.165) is 51.0 Å². The number of rotatable bonds is 4. The molecular formula is C29H28Cl3N5O. The predicted molar refractivity (Wildman–Crippen MR) is 160 cm³/mol. The summed E-state index contributed by atoms with van der Waals surface area (Å²) >= 11 is 0. The number of carbonyl (C=O) groups is 1. The van der Waals surface area contributed by atoms with Crippen molar-refractivity contribution in [2.24, 2.45) is 0 Å². The number of hydrogen-bond acceptors (Lipinski definition) is 4. The van der Waals surface area contributed by atoms with Crippen molar-refractivity contribution in [2.75, 3.05) is 18.0 Å². The SMILES string of the molecule is Cl.Cl.Cl.O=C(c1cccc2ccccc12)N1CCN(Cc2cnc[nH]2)c2ccc(-c3cccnc3)cc2C1. The number of aromatic nitrogens is 3. The molecule has 0 unspecified atom stereocenters. The van der Waals surface area contributed by atoms with Gasteiger partial charge in [-0.15, -0.1) is 37.2 Å². The molecule has 0 radical (unpaired) electrons. The summed E-state index contributed by atoms with van der Waals surface area (Å²) in [6, 6.07) is 24.5. The maximum atomic E-state index is 13.8. The minimum atomic E-state index is 0. The molecule has 2 aromatic heterocycles. The molecule has 0 aliphatic carbocycles. The van der Waals surface area contributed by atoms with Crippen LogP contribution >= 0.6 is 37.2 Å². The Morgan fingerprint density at radius 2 is 1.68 bits per heavy atom. The molecule has 1 aliphatic rings. The first-order valence-electron chi connectivity index (χ1n) is 11.8. The number of H-pyrrole nitrogens is 1. The summed E-state index contributed by atoms with van der Waals surface area (Å²) in [4.78, 5) is 29.8.